The molecule has 3 heterocycles. The second-order valence-electron chi connectivity index (χ2n) is 6.87. The van der Waals surface area contributed by atoms with Gasteiger partial charge in [0, 0.05) is 19.6 Å². The van der Waals surface area contributed by atoms with Crippen LogP contribution in [0.4, 0.5) is 10.6 Å². The number of aromatic nitrogens is 4. The van der Waals surface area contributed by atoms with Crippen LogP contribution in [0.15, 0.2) is 30.5 Å². The maximum absolute atomic E-state index is 11.1. The lowest BCUT2D eigenvalue weighted by Gasteiger charge is -2.30. The van der Waals surface area contributed by atoms with Gasteiger partial charge in [-0.2, -0.15) is 15.1 Å². The van der Waals surface area contributed by atoms with E-state index in [1.54, 1.807) is 13.3 Å². The average Bonchev–Trinajstić information content (AvgIpc) is 3.16. The van der Waals surface area contributed by atoms with Crippen LogP contribution >= 0.6 is 11.6 Å². The Morgan fingerprint density at radius 1 is 1.28 bits per heavy atom. The van der Waals surface area contributed by atoms with Crippen LogP contribution < -0.4 is 10.1 Å². The van der Waals surface area contributed by atoms with E-state index in [9.17, 15) is 4.79 Å². The Hall–Kier alpha value is -3.07. The molecule has 1 aromatic carbocycles. The first-order chi connectivity index (χ1) is 14.0. The highest BCUT2D eigenvalue weighted by Crippen LogP contribution is 2.29. The molecule has 152 valence electrons. The van der Waals surface area contributed by atoms with Gasteiger partial charge in [-0.3, -0.25) is 0 Å². The molecule has 1 aliphatic rings. The third-order valence-corrected chi connectivity index (χ3v) is 5.30. The molecule has 0 saturated carbocycles. The molecule has 0 aliphatic carbocycles. The number of nitrogens with one attached hydrogen (secondary N) is 1. The molecule has 4 rings (SSSR count). The molecule has 9 nitrogen and oxygen atoms in total. The Balaban J connectivity index is 1.54. The van der Waals surface area contributed by atoms with Crippen molar-refractivity contribution in [1.82, 2.24) is 24.6 Å². The lowest BCUT2D eigenvalue weighted by Crippen LogP contribution is -2.38. The first-order valence-corrected chi connectivity index (χ1v) is 9.68. The summed E-state index contributed by atoms with van der Waals surface area (Å²) < 4.78 is 7.01. The van der Waals surface area contributed by atoms with Crippen molar-refractivity contribution in [2.24, 2.45) is 0 Å². The largest absolute Gasteiger partial charge is 0.497 e. The number of methoxy groups -OCH3 is 1. The molecule has 0 unspecified atom stereocenters. The predicted molar refractivity (Wildman–Crippen MR) is 109 cm³/mol. The number of halogens is 1. The normalized spacial score (nSPS) is 14.9. The van der Waals surface area contributed by atoms with Gasteiger partial charge in [-0.25, -0.2) is 9.48 Å². The van der Waals surface area contributed by atoms with E-state index in [4.69, 9.17) is 21.4 Å². The Kier molecular flexibility index (Phi) is 5.39. The van der Waals surface area contributed by atoms with Gasteiger partial charge in [0.15, 0.2) is 5.65 Å². The number of nitrogens with zero attached hydrogens (tertiary/aromatic N) is 5. The van der Waals surface area contributed by atoms with Crippen LogP contribution in [0.3, 0.4) is 0 Å². The van der Waals surface area contributed by atoms with E-state index in [-0.39, 0.29) is 11.3 Å². The molecule has 29 heavy (non-hydrogen) atoms. The van der Waals surface area contributed by atoms with Crippen LogP contribution in [0.25, 0.3) is 11.0 Å². The van der Waals surface area contributed by atoms with E-state index in [1.807, 2.05) is 28.9 Å². The fourth-order valence-electron chi connectivity index (χ4n) is 3.53. The van der Waals surface area contributed by atoms with Gasteiger partial charge in [-0.1, -0.05) is 12.1 Å². The number of fused-ring (bicyclic) bond motifs is 1. The Bertz CT molecular complexity index is 1010. The first-order valence-electron chi connectivity index (χ1n) is 9.30. The highest BCUT2D eigenvalue weighted by atomic mass is 35.5. The van der Waals surface area contributed by atoms with Gasteiger partial charge in [0.2, 0.25) is 5.28 Å². The number of carboxylic acid groups (broad SMARTS) is 1. The molecule has 1 saturated heterocycles. The highest BCUT2D eigenvalue weighted by Gasteiger charge is 2.26. The van der Waals surface area contributed by atoms with Crippen molar-refractivity contribution in [3.05, 3.63) is 41.3 Å². The number of ether oxygens (including phenoxy) is 1. The molecular formula is C19H21ClN6O3. The first kappa shape index (κ1) is 19.3. The monoisotopic (exact) mass is 416 g/mol. The number of likely N-dealkylation sites (tertiary alicyclic amines) is 1. The topological polar surface area (TPSA) is 105 Å². The van der Waals surface area contributed by atoms with Gasteiger partial charge in [-0.15, -0.1) is 0 Å². The summed E-state index contributed by atoms with van der Waals surface area (Å²) in [5, 5.41) is 17.9. The quantitative estimate of drug-likeness (QED) is 0.614. The van der Waals surface area contributed by atoms with Crippen LogP contribution in [0.5, 0.6) is 5.75 Å². The summed E-state index contributed by atoms with van der Waals surface area (Å²) in [4.78, 5) is 21.2. The fraction of sp³-hybridized carbons (Fsp3) is 0.368. The number of hydrogen-bond acceptors (Lipinski definition) is 6. The zero-order chi connectivity index (χ0) is 20.4. The number of amides is 1. The van der Waals surface area contributed by atoms with Crippen molar-refractivity contribution in [2.45, 2.75) is 25.4 Å². The molecule has 0 radical (unpaired) electrons. The Morgan fingerprint density at radius 3 is 2.66 bits per heavy atom. The molecule has 10 heteroatoms. The number of anilines is 1. The van der Waals surface area contributed by atoms with Gasteiger partial charge in [0.25, 0.3) is 0 Å². The van der Waals surface area contributed by atoms with Gasteiger partial charge >= 0.3 is 6.09 Å². The summed E-state index contributed by atoms with van der Waals surface area (Å²) in [7, 11) is 1.63. The van der Waals surface area contributed by atoms with Crippen LogP contribution in [0.1, 0.15) is 24.4 Å². The van der Waals surface area contributed by atoms with Crippen LogP contribution in [0, 0.1) is 0 Å². The third-order valence-electron chi connectivity index (χ3n) is 5.13. The Morgan fingerprint density at radius 2 is 2.00 bits per heavy atom. The molecule has 0 atom stereocenters. The maximum Gasteiger partial charge on any atom is 0.407 e. The van der Waals surface area contributed by atoms with E-state index in [0.717, 1.165) is 16.7 Å². The number of rotatable bonds is 5. The number of benzene rings is 1. The SMILES string of the molecule is COc1ccc(CNc2nc(Cl)nc3c2cnn3C2CCN(C(=O)O)CC2)cc1. The van der Waals surface area contributed by atoms with Crippen LogP contribution in [-0.2, 0) is 6.54 Å². The lowest BCUT2D eigenvalue weighted by molar-refractivity contribution is 0.124. The highest BCUT2D eigenvalue weighted by molar-refractivity contribution is 6.28. The van der Waals surface area contributed by atoms with Crippen molar-refractivity contribution in [3.8, 4) is 5.75 Å². The summed E-state index contributed by atoms with van der Waals surface area (Å²) in [6.07, 6.45) is 2.20. The summed E-state index contributed by atoms with van der Waals surface area (Å²) in [5.74, 6) is 1.42. The van der Waals surface area contributed by atoms with E-state index in [2.05, 4.69) is 20.4 Å². The minimum Gasteiger partial charge on any atom is -0.497 e. The van der Waals surface area contributed by atoms with Crippen LogP contribution in [0.2, 0.25) is 5.28 Å². The third kappa shape index (κ3) is 4.04. The number of carbonyl (C=O) groups is 1. The summed E-state index contributed by atoms with van der Waals surface area (Å²) in [6.45, 7) is 1.51. The minimum absolute atomic E-state index is 0.0727. The summed E-state index contributed by atoms with van der Waals surface area (Å²) >= 11 is 6.17. The molecule has 0 spiro atoms. The molecule has 1 aliphatic heterocycles. The smallest absolute Gasteiger partial charge is 0.407 e. The van der Waals surface area contributed by atoms with Gasteiger partial charge < -0.3 is 20.1 Å². The molecule has 2 aromatic heterocycles. The molecule has 2 N–H and O–H groups in total. The molecule has 1 amide bonds. The summed E-state index contributed by atoms with van der Waals surface area (Å²) in [5.41, 5.74) is 1.72. The zero-order valence-electron chi connectivity index (χ0n) is 15.9. The second-order valence-corrected chi connectivity index (χ2v) is 7.21. The maximum atomic E-state index is 11.1. The van der Waals surface area contributed by atoms with Crippen molar-refractivity contribution in [2.75, 3.05) is 25.5 Å². The average molecular weight is 417 g/mol. The molecule has 3 aromatic rings. The minimum atomic E-state index is -0.885. The van der Waals surface area contributed by atoms with E-state index < -0.39 is 6.09 Å². The summed E-state index contributed by atoms with van der Waals surface area (Å²) in [6, 6.07) is 7.84. The predicted octanol–water partition coefficient (Wildman–Crippen LogP) is 3.42. The van der Waals surface area contributed by atoms with E-state index in [0.29, 0.717) is 43.9 Å². The van der Waals surface area contributed by atoms with Crippen molar-refractivity contribution in [3.63, 3.8) is 0 Å². The zero-order valence-corrected chi connectivity index (χ0v) is 16.6. The van der Waals surface area contributed by atoms with Gasteiger partial charge in [0.1, 0.15) is 11.6 Å². The van der Waals surface area contributed by atoms with Gasteiger partial charge in [-0.05, 0) is 42.1 Å². The van der Waals surface area contributed by atoms with Crippen molar-refractivity contribution >= 4 is 34.5 Å². The number of piperidine rings is 1. The molecular weight excluding hydrogens is 396 g/mol. The van der Waals surface area contributed by atoms with E-state index >= 15 is 0 Å². The molecule has 1 fully saturated rings. The number of hydrogen-bond donors (Lipinski definition) is 2. The van der Waals surface area contributed by atoms with Crippen LogP contribution in [-0.4, -0.2) is 56.0 Å². The van der Waals surface area contributed by atoms with E-state index in [1.165, 1.54) is 4.90 Å². The van der Waals surface area contributed by atoms with Crippen molar-refractivity contribution < 1.29 is 14.6 Å². The van der Waals surface area contributed by atoms with Gasteiger partial charge in [0.05, 0.1) is 24.7 Å². The lowest BCUT2D eigenvalue weighted by atomic mass is 10.1. The fourth-order valence-corrected chi connectivity index (χ4v) is 3.70. The Labute approximate surface area is 172 Å². The second kappa shape index (κ2) is 8.12. The molecule has 0 bridgehead atoms. The standard InChI is InChI=1S/C19H21ClN6O3/c1-29-14-4-2-12(3-5-14)10-21-16-15-11-22-26(17(15)24-18(20)23-16)13-6-8-25(9-7-13)19(27)28/h2-5,11,13H,6-10H2,1H3,(H,27,28)(H,21,23,24). The van der Waals surface area contributed by atoms with Crippen molar-refractivity contribution in [1.29, 1.82) is 0 Å².